The maximum Gasteiger partial charge on any atom is 0.329 e. The molecule has 1 aliphatic rings. The van der Waals surface area contributed by atoms with Gasteiger partial charge in [0.1, 0.15) is 12.2 Å². The van der Waals surface area contributed by atoms with Crippen LogP contribution in [0.15, 0.2) is 36.0 Å². The lowest BCUT2D eigenvalue weighted by Gasteiger charge is -2.10. The summed E-state index contributed by atoms with van der Waals surface area (Å²) in [6.07, 6.45) is 1.58. The van der Waals surface area contributed by atoms with E-state index < -0.39 is 24.5 Å². The second kappa shape index (κ2) is 6.94. The molecule has 0 radical (unpaired) electrons. The van der Waals surface area contributed by atoms with Gasteiger partial charge in [0.15, 0.2) is 0 Å². The van der Waals surface area contributed by atoms with Crippen LogP contribution in [0.4, 0.5) is 4.79 Å². The standard InChI is InChI=1S/C18H16IN3O4/c1-10-6-12(11(2)22(10)14-5-3-4-13(19)8-14)7-15-17(25)21(9-16(23)24)18(26)20-15/h3-8H,9H2,1-2H3,(H,20,26)(H,23,24)/b15-7+. The van der Waals surface area contributed by atoms with Gasteiger partial charge >= 0.3 is 12.0 Å². The Labute approximate surface area is 163 Å². The van der Waals surface area contributed by atoms with E-state index in [0.29, 0.717) is 4.90 Å². The number of nitrogens with one attached hydrogen (secondary N) is 1. The van der Waals surface area contributed by atoms with Gasteiger partial charge in [-0.25, -0.2) is 9.69 Å². The molecule has 1 fully saturated rings. The fourth-order valence-corrected chi connectivity index (χ4v) is 3.48. The highest BCUT2D eigenvalue weighted by Crippen LogP contribution is 2.24. The number of hydrogen-bond donors (Lipinski definition) is 2. The normalized spacial score (nSPS) is 15.7. The first kappa shape index (κ1) is 18.2. The molecule has 2 heterocycles. The summed E-state index contributed by atoms with van der Waals surface area (Å²) >= 11 is 2.25. The quantitative estimate of drug-likeness (QED) is 0.413. The van der Waals surface area contributed by atoms with Crippen LogP contribution in [0.5, 0.6) is 0 Å². The second-order valence-corrected chi connectivity index (χ2v) is 7.16. The van der Waals surface area contributed by atoms with Crippen molar-refractivity contribution in [2.24, 2.45) is 0 Å². The third-order valence-corrected chi connectivity index (χ3v) is 4.76. The lowest BCUT2D eigenvalue weighted by molar-refractivity contribution is -0.140. The lowest BCUT2D eigenvalue weighted by atomic mass is 10.2. The first-order valence-corrected chi connectivity index (χ1v) is 8.87. The molecule has 26 heavy (non-hydrogen) atoms. The molecule has 134 valence electrons. The van der Waals surface area contributed by atoms with Crippen molar-refractivity contribution in [3.63, 3.8) is 0 Å². The number of urea groups is 1. The van der Waals surface area contributed by atoms with Gasteiger partial charge in [-0.2, -0.15) is 0 Å². The first-order chi connectivity index (χ1) is 12.3. The number of rotatable bonds is 4. The largest absolute Gasteiger partial charge is 0.480 e. The zero-order valence-corrected chi connectivity index (χ0v) is 16.3. The molecule has 1 aromatic carbocycles. The lowest BCUT2D eigenvalue weighted by Crippen LogP contribution is -2.35. The van der Waals surface area contributed by atoms with Crippen molar-refractivity contribution in [2.45, 2.75) is 13.8 Å². The van der Waals surface area contributed by atoms with Gasteiger partial charge in [-0.3, -0.25) is 9.59 Å². The number of carbonyl (C=O) groups excluding carboxylic acids is 2. The maximum atomic E-state index is 12.3. The first-order valence-electron chi connectivity index (χ1n) is 7.79. The molecular weight excluding hydrogens is 449 g/mol. The van der Waals surface area contributed by atoms with E-state index in [-0.39, 0.29) is 5.70 Å². The Bertz CT molecular complexity index is 961. The number of carbonyl (C=O) groups is 3. The van der Waals surface area contributed by atoms with Gasteiger partial charge in [0, 0.05) is 20.6 Å². The molecule has 7 nitrogen and oxygen atoms in total. The van der Waals surface area contributed by atoms with Gasteiger partial charge in [-0.1, -0.05) is 6.07 Å². The molecule has 2 N–H and O–H groups in total. The Morgan fingerprint density at radius 3 is 2.65 bits per heavy atom. The van der Waals surface area contributed by atoms with Crippen molar-refractivity contribution in [3.8, 4) is 5.69 Å². The van der Waals surface area contributed by atoms with Gasteiger partial charge in [0.05, 0.1) is 0 Å². The number of halogens is 1. The number of aryl methyl sites for hydroxylation is 1. The van der Waals surface area contributed by atoms with Crippen LogP contribution in [0, 0.1) is 17.4 Å². The summed E-state index contributed by atoms with van der Waals surface area (Å²) in [6.45, 7) is 3.22. The molecule has 0 spiro atoms. The topological polar surface area (TPSA) is 91.6 Å². The van der Waals surface area contributed by atoms with Crippen LogP contribution in [0.3, 0.4) is 0 Å². The van der Waals surface area contributed by atoms with E-state index in [4.69, 9.17) is 5.11 Å². The molecule has 1 aliphatic heterocycles. The molecule has 2 aromatic rings. The molecule has 1 saturated heterocycles. The number of aromatic nitrogens is 1. The highest BCUT2D eigenvalue weighted by atomic mass is 127. The summed E-state index contributed by atoms with van der Waals surface area (Å²) in [7, 11) is 0. The smallest absolute Gasteiger partial charge is 0.329 e. The number of nitrogens with zero attached hydrogens (tertiary/aromatic N) is 2. The minimum atomic E-state index is -1.24. The van der Waals surface area contributed by atoms with Gasteiger partial charge < -0.3 is 15.0 Å². The minimum absolute atomic E-state index is 0.0687. The Hall–Kier alpha value is -2.62. The molecule has 0 atom stereocenters. The van der Waals surface area contributed by atoms with Crippen molar-refractivity contribution < 1.29 is 19.5 Å². The number of amides is 3. The Kier molecular flexibility index (Phi) is 4.86. The van der Waals surface area contributed by atoms with Crippen LogP contribution in [0.2, 0.25) is 0 Å². The monoisotopic (exact) mass is 465 g/mol. The summed E-state index contributed by atoms with van der Waals surface area (Å²) < 4.78 is 3.17. The number of benzene rings is 1. The number of carboxylic acid groups (broad SMARTS) is 1. The van der Waals surface area contributed by atoms with Crippen molar-refractivity contribution in [3.05, 3.63) is 56.6 Å². The fourth-order valence-electron chi connectivity index (χ4n) is 2.95. The summed E-state index contributed by atoms with van der Waals surface area (Å²) in [5.74, 6) is -1.89. The van der Waals surface area contributed by atoms with E-state index in [1.807, 2.05) is 38.1 Å². The Morgan fingerprint density at radius 2 is 2.00 bits per heavy atom. The third-order valence-electron chi connectivity index (χ3n) is 4.09. The van der Waals surface area contributed by atoms with E-state index >= 15 is 0 Å². The minimum Gasteiger partial charge on any atom is -0.480 e. The van der Waals surface area contributed by atoms with Gasteiger partial charge in [-0.15, -0.1) is 0 Å². The summed E-state index contributed by atoms with van der Waals surface area (Å²) in [6, 6.07) is 9.21. The molecule has 0 saturated carbocycles. The Morgan fingerprint density at radius 1 is 1.27 bits per heavy atom. The van der Waals surface area contributed by atoms with E-state index in [1.54, 1.807) is 6.08 Å². The van der Waals surface area contributed by atoms with Crippen LogP contribution in [-0.4, -0.2) is 39.0 Å². The average Bonchev–Trinajstić information content (AvgIpc) is 2.98. The molecule has 0 unspecified atom stereocenters. The van der Waals surface area contributed by atoms with Crippen LogP contribution in [0.1, 0.15) is 17.0 Å². The predicted octanol–water partition coefficient (Wildman–Crippen LogP) is 2.68. The molecule has 0 bridgehead atoms. The van der Waals surface area contributed by atoms with E-state index in [2.05, 4.69) is 38.5 Å². The van der Waals surface area contributed by atoms with Crippen LogP contribution in [-0.2, 0) is 9.59 Å². The number of hydrogen-bond acceptors (Lipinski definition) is 3. The van der Waals surface area contributed by atoms with E-state index in [1.165, 1.54) is 0 Å². The molecule has 8 heteroatoms. The van der Waals surface area contributed by atoms with Crippen LogP contribution >= 0.6 is 22.6 Å². The van der Waals surface area contributed by atoms with Gasteiger partial charge in [-0.05, 0) is 72.3 Å². The molecular formula is C18H16IN3O4. The molecule has 1 aromatic heterocycles. The zero-order chi connectivity index (χ0) is 19.0. The Balaban J connectivity index is 1.98. The van der Waals surface area contributed by atoms with E-state index in [0.717, 1.165) is 26.2 Å². The predicted molar refractivity (Wildman–Crippen MR) is 104 cm³/mol. The molecule has 0 aliphatic carbocycles. The second-order valence-electron chi connectivity index (χ2n) is 5.91. The summed E-state index contributed by atoms with van der Waals surface area (Å²) in [5, 5.41) is 11.3. The van der Waals surface area contributed by atoms with E-state index in [9.17, 15) is 14.4 Å². The molecule has 3 amide bonds. The summed E-state index contributed by atoms with van der Waals surface area (Å²) in [4.78, 5) is 35.6. The third kappa shape index (κ3) is 3.36. The van der Waals surface area contributed by atoms with Crippen LogP contribution < -0.4 is 5.32 Å². The van der Waals surface area contributed by atoms with Crippen molar-refractivity contribution in [1.29, 1.82) is 0 Å². The van der Waals surface area contributed by atoms with Crippen molar-refractivity contribution in [1.82, 2.24) is 14.8 Å². The fraction of sp³-hybridized carbons (Fsp3) is 0.167. The number of imide groups is 1. The number of carboxylic acids is 1. The zero-order valence-electron chi connectivity index (χ0n) is 14.1. The SMILES string of the molecule is Cc1cc(/C=C2/NC(=O)N(CC(=O)O)C2=O)c(C)n1-c1cccc(I)c1. The van der Waals surface area contributed by atoms with Crippen molar-refractivity contribution in [2.75, 3.05) is 6.54 Å². The molecule has 3 rings (SSSR count). The highest BCUT2D eigenvalue weighted by molar-refractivity contribution is 14.1. The van der Waals surface area contributed by atoms with Crippen LogP contribution in [0.25, 0.3) is 11.8 Å². The number of aliphatic carboxylic acids is 1. The average molecular weight is 465 g/mol. The summed E-state index contributed by atoms with van der Waals surface area (Å²) in [5.41, 5.74) is 3.75. The maximum absolute atomic E-state index is 12.3. The highest BCUT2D eigenvalue weighted by Gasteiger charge is 2.35. The van der Waals surface area contributed by atoms with Crippen molar-refractivity contribution >= 4 is 46.6 Å². The van der Waals surface area contributed by atoms with Gasteiger partial charge in [0.2, 0.25) is 0 Å². The van der Waals surface area contributed by atoms with Gasteiger partial charge in [0.25, 0.3) is 5.91 Å².